The van der Waals surface area contributed by atoms with E-state index >= 15 is 0 Å². The number of hydrogen-bond acceptors (Lipinski definition) is 4. The Morgan fingerprint density at radius 1 is 0.476 bits per heavy atom. The fourth-order valence-corrected chi connectivity index (χ4v) is 3.77. The van der Waals surface area contributed by atoms with Crippen LogP contribution in [-0.4, -0.2) is 37.2 Å². The van der Waals surface area contributed by atoms with E-state index in [2.05, 4.69) is 44.9 Å². The van der Waals surface area contributed by atoms with Crippen LogP contribution >= 0.6 is 0 Å². The van der Waals surface area contributed by atoms with Crippen LogP contribution in [0.4, 0.5) is 17.3 Å². The summed E-state index contributed by atoms with van der Waals surface area (Å²) in [5, 5.41) is 16.7. The molecule has 0 aliphatic carbocycles. The number of halogens is 4. The first-order valence-electron chi connectivity index (χ1n) is 12.7. The van der Waals surface area contributed by atoms with Gasteiger partial charge < -0.3 is 17.3 Å². The minimum atomic E-state index is -6.00. The summed E-state index contributed by atoms with van der Waals surface area (Å²) in [4.78, 5) is 0. The van der Waals surface area contributed by atoms with Crippen molar-refractivity contribution in [2.45, 2.75) is 13.1 Å². The Hall–Kier alpha value is -4.54. The number of aromatic nitrogens is 6. The monoisotopic (exact) mass is 620 g/mol. The Bertz CT molecular complexity index is 1460. The molecule has 0 N–H and O–H groups in total. The SMILES string of the molecule is F[B-](F)(F)F.[Cu+].c1ccc(Cn2cc(-c3ccccc3)nn2)cc1.c1ccc(Cn2cc(-c3ccccc3)nn2)cc1. The summed E-state index contributed by atoms with van der Waals surface area (Å²) in [6.07, 6.45) is 3.95. The second kappa shape index (κ2) is 16.0. The molecule has 0 fully saturated rings. The zero-order chi connectivity index (χ0) is 28.9. The molecule has 218 valence electrons. The van der Waals surface area contributed by atoms with Gasteiger partial charge in [-0.2, -0.15) is 0 Å². The van der Waals surface area contributed by atoms with Crippen molar-refractivity contribution in [3.8, 4) is 22.5 Å². The predicted molar refractivity (Wildman–Crippen MR) is 152 cm³/mol. The van der Waals surface area contributed by atoms with Gasteiger partial charge in [-0.15, -0.1) is 10.2 Å². The molecule has 0 aliphatic rings. The molecule has 0 bridgehead atoms. The maximum atomic E-state index is 9.75. The van der Waals surface area contributed by atoms with Crippen LogP contribution in [0, 0.1) is 0 Å². The molecular formula is C30H26BCuF4N6. The van der Waals surface area contributed by atoms with E-state index in [1.807, 2.05) is 119 Å². The fraction of sp³-hybridized carbons (Fsp3) is 0.0667. The Balaban J connectivity index is 0.000000195. The normalized spacial score (nSPS) is 10.4. The van der Waals surface area contributed by atoms with Gasteiger partial charge in [-0.1, -0.05) is 132 Å². The van der Waals surface area contributed by atoms with Crippen LogP contribution in [0.3, 0.4) is 0 Å². The van der Waals surface area contributed by atoms with Crippen molar-refractivity contribution in [2.75, 3.05) is 0 Å². The number of rotatable bonds is 6. The first kappa shape index (κ1) is 32.0. The zero-order valence-corrected chi connectivity index (χ0v) is 23.1. The fourth-order valence-electron chi connectivity index (χ4n) is 3.77. The van der Waals surface area contributed by atoms with Gasteiger partial charge in [0.15, 0.2) is 0 Å². The van der Waals surface area contributed by atoms with Crippen molar-refractivity contribution in [3.05, 3.63) is 145 Å². The standard InChI is InChI=1S/2C15H13N3.BF4.Cu/c2*1-3-7-13(8-4-1)11-18-12-15(16-17-18)14-9-5-2-6-10-14;2-1(3,4)5;/h2*1-10,12H,11H2;;/q;;-1;+1. The Morgan fingerprint density at radius 3 is 1.07 bits per heavy atom. The van der Waals surface area contributed by atoms with Crippen molar-refractivity contribution in [1.82, 2.24) is 30.0 Å². The van der Waals surface area contributed by atoms with E-state index in [9.17, 15) is 17.3 Å². The van der Waals surface area contributed by atoms with Gasteiger partial charge in [0.25, 0.3) is 0 Å². The van der Waals surface area contributed by atoms with E-state index in [0.717, 1.165) is 35.6 Å². The molecule has 4 aromatic carbocycles. The predicted octanol–water partition coefficient (Wildman–Crippen LogP) is 7.28. The molecule has 0 amide bonds. The molecule has 0 aliphatic heterocycles. The van der Waals surface area contributed by atoms with Crippen LogP contribution < -0.4 is 0 Å². The second-order valence-corrected chi connectivity index (χ2v) is 8.80. The van der Waals surface area contributed by atoms with Crippen LogP contribution in [0.15, 0.2) is 134 Å². The van der Waals surface area contributed by atoms with Gasteiger partial charge in [-0.3, -0.25) is 0 Å². The molecule has 0 saturated carbocycles. The average Bonchev–Trinajstić information content (AvgIpc) is 3.65. The smallest absolute Gasteiger partial charge is 0.418 e. The van der Waals surface area contributed by atoms with E-state index in [1.165, 1.54) is 11.1 Å². The van der Waals surface area contributed by atoms with Crippen molar-refractivity contribution >= 4 is 7.25 Å². The summed E-state index contributed by atoms with van der Waals surface area (Å²) >= 11 is 0. The van der Waals surface area contributed by atoms with Crippen LogP contribution in [0.1, 0.15) is 11.1 Å². The summed E-state index contributed by atoms with van der Waals surface area (Å²) in [5.41, 5.74) is 6.45. The van der Waals surface area contributed by atoms with E-state index in [0.29, 0.717) is 0 Å². The topological polar surface area (TPSA) is 61.4 Å². The Labute approximate surface area is 251 Å². The summed E-state index contributed by atoms with van der Waals surface area (Å²) in [6.45, 7) is 1.50. The largest absolute Gasteiger partial charge is 1.00 e. The third-order valence-electron chi connectivity index (χ3n) is 5.59. The molecule has 6 nitrogen and oxygen atoms in total. The van der Waals surface area contributed by atoms with Crippen LogP contribution in [0.5, 0.6) is 0 Å². The summed E-state index contributed by atoms with van der Waals surface area (Å²) in [5.74, 6) is 0. The maximum absolute atomic E-state index is 9.75. The van der Waals surface area contributed by atoms with Crippen molar-refractivity contribution in [1.29, 1.82) is 0 Å². The quantitative estimate of drug-likeness (QED) is 0.145. The summed E-state index contributed by atoms with van der Waals surface area (Å²) in [7, 11) is -6.00. The van der Waals surface area contributed by atoms with Gasteiger partial charge in [-0.05, 0) is 11.1 Å². The minimum absolute atomic E-state index is 0. The maximum Gasteiger partial charge on any atom is 1.00 e. The number of hydrogen-bond donors (Lipinski definition) is 0. The molecule has 2 aromatic heterocycles. The molecule has 0 radical (unpaired) electrons. The van der Waals surface area contributed by atoms with Gasteiger partial charge in [0.05, 0.1) is 25.5 Å². The molecule has 0 spiro atoms. The van der Waals surface area contributed by atoms with Crippen molar-refractivity contribution < 1.29 is 34.3 Å². The zero-order valence-electron chi connectivity index (χ0n) is 22.2. The van der Waals surface area contributed by atoms with E-state index in [4.69, 9.17) is 0 Å². The Morgan fingerprint density at radius 2 is 0.762 bits per heavy atom. The minimum Gasteiger partial charge on any atom is -0.418 e. The van der Waals surface area contributed by atoms with Gasteiger partial charge in [0.2, 0.25) is 0 Å². The first-order valence-corrected chi connectivity index (χ1v) is 12.7. The molecule has 0 atom stereocenters. The molecule has 12 heteroatoms. The van der Waals surface area contributed by atoms with Gasteiger partial charge >= 0.3 is 24.3 Å². The molecular weight excluding hydrogens is 595 g/mol. The third-order valence-corrected chi connectivity index (χ3v) is 5.59. The van der Waals surface area contributed by atoms with Crippen molar-refractivity contribution in [2.24, 2.45) is 0 Å². The molecule has 42 heavy (non-hydrogen) atoms. The molecule has 0 saturated heterocycles. The third kappa shape index (κ3) is 11.2. The number of nitrogens with zero attached hydrogens (tertiary/aromatic N) is 6. The van der Waals surface area contributed by atoms with Crippen LogP contribution in [0.2, 0.25) is 0 Å². The van der Waals surface area contributed by atoms with Crippen LogP contribution in [0.25, 0.3) is 22.5 Å². The Kier molecular flexibility index (Phi) is 12.2. The van der Waals surface area contributed by atoms with Crippen molar-refractivity contribution in [3.63, 3.8) is 0 Å². The van der Waals surface area contributed by atoms with Crippen LogP contribution in [-0.2, 0) is 30.2 Å². The summed E-state index contributed by atoms with van der Waals surface area (Å²) in [6, 6.07) is 40.7. The molecule has 2 heterocycles. The first-order chi connectivity index (χ1) is 19.8. The number of benzene rings is 4. The molecule has 6 rings (SSSR count). The van der Waals surface area contributed by atoms with E-state index < -0.39 is 7.25 Å². The van der Waals surface area contributed by atoms with Gasteiger partial charge in [0, 0.05) is 11.1 Å². The van der Waals surface area contributed by atoms with Gasteiger partial charge in [-0.25, -0.2) is 9.36 Å². The molecule has 6 aromatic rings. The van der Waals surface area contributed by atoms with Gasteiger partial charge in [0.1, 0.15) is 11.4 Å². The van der Waals surface area contributed by atoms with E-state index in [1.54, 1.807) is 0 Å². The van der Waals surface area contributed by atoms with E-state index in [-0.39, 0.29) is 17.1 Å². The molecule has 0 unspecified atom stereocenters. The average molecular weight is 621 g/mol. The second-order valence-electron chi connectivity index (χ2n) is 8.80. The summed E-state index contributed by atoms with van der Waals surface area (Å²) < 4.78 is 42.7.